The molecule has 2 amide bonds. The van der Waals surface area contributed by atoms with Crippen LogP contribution in [-0.2, 0) is 20.6 Å². The molecule has 3 rings (SSSR count). The number of fused-ring (bicyclic) bond motifs is 1. The molecule has 3 atom stereocenters. The minimum absolute atomic E-state index is 0.199. The molecular weight excluding hydrogens is 359 g/mol. The number of carbonyl (C=O) groups excluding carboxylic acids is 2. The lowest BCUT2D eigenvalue weighted by atomic mass is 10.0. The van der Waals surface area contributed by atoms with E-state index in [-0.39, 0.29) is 12.3 Å². The van der Waals surface area contributed by atoms with Gasteiger partial charge >= 0.3 is 7.60 Å². The van der Waals surface area contributed by atoms with Crippen molar-refractivity contribution in [3.63, 3.8) is 0 Å². The van der Waals surface area contributed by atoms with E-state index in [1.54, 1.807) is 13.8 Å². The first kappa shape index (κ1) is 17.0. The number of β-lactam (4-membered cyclic amide) rings is 1. The highest BCUT2D eigenvalue weighted by Gasteiger charge is 2.66. The first-order chi connectivity index (χ1) is 10.6. The number of carbonyl (C=O) groups is 2. The predicted octanol–water partition coefficient (Wildman–Crippen LogP) is 0.973. The maximum Gasteiger partial charge on any atom is 0.349 e. The highest BCUT2D eigenvalue weighted by atomic mass is 32.2. The van der Waals surface area contributed by atoms with Gasteiger partial charge in [-0.1, -0.05) is 6.07 Å². The molecule has 1 aromatic heterocycles. The van der Waals surface area contributed by atoms with E-state index >= 15 is 0 Å². The summed E-state index contributed by atoms with van der Waals surface area (Å²) in [7, 11) is -4.45. The van der Waals surface area contributed by atoms with Crippen LogP contribution in [0.3, 0.4) is 0 Å². The quantitative estimate of drug-likeness (QED) is 0.534. The van der Waals surface area contributed by atoms with Crippen molar-refractivity contribution in [2.75, 3.05) is 0 Å². The van der Waals surface area contributed by atoms with Crippen molar-refractivity contribution in [1.29, 1.82) is 0 Å². The van der Waals surface area contributed by atoms with Gasteiger partial charge < -0.3 is 20.0 Å². The Morgan fingerprint density at radius 2 is 2.17 bits per heavy atom. The summed E-state index contributed by atoms with van der Waals surface area (Å²) in [5.41, 5.74) is 0. The monoisotopic (exact) mass is 376 g/mol. The molecule has 2 saturated heterocycles. The maximum absolute atomic E-state index is 12.3. The van der Waals surface area contributed by atoms with Crippen LogP contribution in [0.25, 0.3) is 0 Å². The second-order valence-electron chi connectivity index (χ2n) is 6.12. The molecule has 3 heterocycles. The zero-order valence-electron chi connectivity index (χ0n) is 12.5. The molecule has 2 aliphatic heterocycles. The van der Waals surface area contributed by atoms with Crippen LogP contribution in [0.2, 0.25) is 0 Å². The first-order valence-corrected chi connectivity index (χ1v) is 10.4. The molecular formula is C13H17N2O5PS2. The summed E-state index contributed by atoms with van der Waals surface area (Å²) in [6.07, 6.45) is 0.199. The van der Waals surface area contributed by atoms with Crippen LogP contribution in [0.1, 0.15) is 18.7 Å². The van der Waals surface area contributed by atoms with Crippen molar-refractivity contribution in [1.82, 2.24) is 10.2 Å². The van der Waals surface area contributed by atoms with Crippen molar-refractivity contribution in [2.45, 2.75) is 42.2 Å². The number of nitrogens with one attached hydrogen (secondary N) is 1. The van der Waals surface area contributed by atoms with Gasteiger partial charge in [-0.15, -0.1) is 23.1 Å². The summed E-state index contributed by atoms with van der Waals surface area (Å²) in [6, 6.07) is 2.98. The Bertz CT molecular complexity index is 687. The molecule has 0 spiro atoms. The van der Waals surface area contributed by atoms with E-state index in [0.29, 0.717) is 0 Å². The SMILES string of the molecule is CC1(C)S[C@H]2C(NC(=O)Cc3cccs3)C(=O)N2C1P(=O)(O)O. The fourth-order valence-corrected chi connectivity index (χ4v) is 7.37. The number of nitrogens with zero attached hydrogens (tertiary/aromatic N) is 1. The fraction of sp³-hybridized carbons (Fsp3) is 0.538. The van der Waals surface area contributed by atoms with E-state index < -0.39 is 35.4 Å². The lowest BCUT2D eigenvalue weighted by molar-refractivity contribution is -0.149. The number of thioether (sulfide) groups is 1. The highest BCUT2D eigenvalue weighted by molar-refractivity contribution is 8.02. The summed E-state index contributed by atoms with van der Waals surface area (Å²) in [6.45, 7) is 3.41. The lowest BCUT2D eigenvalue weighted by Gasteiger charge is -2.44. The molecule has 0 aromatic carbocycles. The van der Waals surface area contributed by atoms with Crippen molar-refractivity contribution >= 4 is 42.5 Å². The Morgan fingerprint density at radius 3 is 2.74 bits per heavy atom. The molecule has 2 unspecified atom stereocenters. The first-order valence-electron chi connectivity index (χ1n) is 6.98. The van der Waals surface area contributed by atoms with E-state index in [0.717, 1.165) is 4.88 Å². The van der Waals surface area contributed by atoms with Gasteiger partial charge in [-0.3, -0.25) is 14.2 Å². The number of amides is 2. The molecule has 126 valence electrons. The van der Waals surface area contributed by atoms with Gasteiger partial charge in [-0.25, -0.2) is 0 Å². The third-order valence-corrected chi connectivity index (χ3v) is 8.09. The third kappa shape index (κ3) is 2.96. The van der Waals surface area contributed by atoms with Crippen LogP contribution < -0.4 is 5.32 Å². The van der Waals surface area contributed by atoms with Crippen LogP contribution in [0, 0.1) is 0 Å². The van der Waals surface area contributed by atoms with Gasteiger partial charge in [0.15, 0.2) is 0 Å². The van der Waals surface area contributed by atoms with Crippen LogP contribution in [-0.4, -0.2) is 48.4 Å². The molecule has 23 heavy (non-hydrogen) atoms. The summed E-state index contributed by atoms with van der Waals surface area (Å²) >= 11 is 2.78. The van der Waals surface area contributed by atoms with Crippen LogP contribution in [0.4, 0.5) is 0 Å². The normalized spacial score (nSPS) is 29.1. The second kappa shape index (κ2) is 5.60. The van der Waals surface area contributed by atoms with Crippen LogP contribution >= 0.6 is 30.7 Å². The van der Waals surface area contributed by atoms with Gasteiger partial charge in [-0.2, -0.15) is 0 Å². The molecule has 0 radical (unpaired) electrons. The topological polar surface area (TPSA) is 107 Å². The molecule has 0 saturated carbocycles. The van der Waals surface area contributed by atoms with Crippen molar-refractivity contribution < 1.29 is 23.9 Å². The molecule has 10 heteroatoms. The highest BCUT2D eigenvalue weighted by Crippen LogP contribution is 2.62. The molecule has 7 nitrogen and oxygen atoms in total. The smallest absolute Gasteiger partial charge is 0.341 e. The molecule has 2 fully saturated rings. The Morgan fingerprint density at radius 1 is 1.48 bits per heavy atom. The minimum atomic E-state index is -4.45. The largest absolute Gasteiger partial charge is 0.349 e. The second-order valence-corrected chi connectivity index (χ2v) is 10.6. The van der Waals surface area contributed by atoms with Gasteiger partial charge in [0.25, 0.3) is 0 Å². The van der Waals surface area contributed by atoms with E-state index in [1.807, 2.05) is 17.5 Å². The zero-order chi connectivity index (χ0) is 17.0. The Hall–Kier alpha value is -0.860. The molecule has 1 aromatic rings. The standard InChI is InChI=1S/C13H17N2O5PS2/c1-13(2)12(21(18,19)20)15-10(17)9(11(15)23-13)14-8(16)6-7-4-3-5-22-7/h3-5,9,11-12H,6H2,1-2H3,(H,14,16)(H2,18,19,20)/t9?,11-,12?/m0/s1. The van der Waals surface area contributed by atoms with Gasteiger partial charge in [0.2, 0.25) is 11.8 Å². The average Bonchev–Trinajstić information content (AvgIpc) is 2.99. The number of thiophene rings is 1. The maximum atomic E-state index is 12.3. The summed E-state index contributed by atoms with van der Waals surface area (Å²) in [4.78, 5) is 45.6. The van der Waals surface area contributed by atoms with Crippen LogP contribution in [0.15, 0.2) is 17.5 Å². The number of hydrogen-bond acceptors (Lipinski definition) is 5. The molecule has 0 aliphatic carbocycles. The Balaban J connectivity index is 1.70. The van der Waals surface area contributed by atoms with E-state index in [2.05, 4.69) is 5.32 Å². The van der Waals surface area contributed by atoms with Crippen LogP contribution in [0.5, 0.6) is 0 Å². The van der Waals surface area contributed by atoms with Crippen molar-refractivity contribution in [3.8, 4) is 0 Å². The third-order valence-electron chi connectivity index (χ3n) is 3.94. The Kier molecular flexibility index (Phi) is 4.13. The van der Waals surface area contributed by atoms with E-state index in [9.17, 15) is 23.9 Å². The predicted molar refractivity (Wildman–Crippen MR) is 88.1 cm³/mol. The number of hydrogen-bond donors (Lipinski definition) is 3. The molecule has 3 N–H and O–H groups in total. The van der Waals surface area contributed by atoms with Crippen molar-refractivity contribution in [3.05, 3.63) is 22.4 Å². The average molecular weight is 376 g/mol. The van der Waals surface area contributed by atoms with Gasteiger partial charge in [-0.05, 0) is 25.3 Å². The number of rotatable bonds is 4. The van der Waals surface area contributed by atoms with E-state index in [1.165, 1.54) is 28.0 Å². The molecule has 0 bridgehead atoms. The summed E-state index contributed by atoms with van der Waals surface area (Å²) in [5, 5.41) is 4.13. The lowest BCUT2D eigenvalue weighted by Crippen LogP contribution is -2.69. The minimum Gasteiger partial charge on any atom is -0.341 e. The summed E-state index contributed by atoms with van der Waals surface area (Å²) < 4.78 is 11.0. The molecule has 2 aliphatic rings. The Labute approximate surface area is 141 Å². The van der Waals surface area contributed by atoms with Gasteiger partial charge in [0.05, 0.1) is 6.42 Å². The summed E-state index contributed by atoms with van der Waals surface area (Å²) in [5.74, 6) is -1.84. The fourth-order valence-electron chi connectivity index (χ4n) is 3.07. The van der Waals surface area contributed by atoms with Crippen molar-refractivity contribution in [2.24, 2.45) is 0 Å². The van der Waals surface area contributed by atoms with E-state index in [4.69, 9.17) is 0 Å². The van der Waals surface area contributed by atoms with Gasteiger partial charge in [0.1, 0.15) is 17.2 Å². The zero-order valence-corrected chi connectivity index (χ0v) is 15.0. The van der Waals surface area contributed by atoms with Gasteiger partial charge in [0, 0.05) is 9.62 Å².